The van der Waals surface area contributed by atoms with Crippen molar-refractivity contribution in [2.24, 2.45) is 0 Å². The molecule has 4 rings (SSSR count). The molecule has 0 saturated carbocycles. The van der Waals surface area contributed by atoms with Crippen LogP contribution in [0, 0.1) is 0 Å². The Morgan fingerprint density at radius 2 is 1.84 bits per heavy atom. The second-order valence-corrected chi connectivity index (χ2v) is 12.6. The minimum absolute atomic E-state index is 0.0852. The number of amides is 1. The topological polar surface area (TPSA) is 131 Å². The van der Waals surface area contributed by atoms with E-state index in [0.29, 0.717) is 24.6 Å². The van der Waals surface area contributed by atoms with E-state index in [1.807, 2.05) is 30.3 Å². The molecule has 2 saturated heterocycles. The molecule has 2 aliphatic rings. The molecule has 0 N–H and O–H groups in total. The van der Waals surface area contributed by atoms with Gasteiger partial charge in [-0.2, -0.15) is 9.29 Å². The number of hydrogen-bond donors (Lipinski definition) is 0. The standard InChI is InChI=1S/C20H26N4O6S2/c25-20(7-6-19-21-18(22-30-19)14-16-4-2-1-3-5-16)23-9-11-24(12-10-23)32(28,29)17-8-13-31(26,27)15-17/h1-5,17H,6-15H2/t17-/m0/s1. The highest BCUT2D eigenvalue weighted by molar-refractivity contribution is 7.95. The highest BCUT2D eigenvalue weighted by Crippen LogP contribution is 2.23. The van der Waals surface area contributed by atoms with Crippen molar-refractivity contribution in [3.8, 4) is 0 Å². The summed E-state index contributed by atoms with van der Waals surface area (Å²) in [5, 5.41) is 3.08. The van der Waals surface area contributed by atoms with Gasteiger partial charge in [-0.1, -0.05) is 35.5 Å². The Hall–Kier alpha value is -2.31. The van der Waals surface area contributed by atoms with Gasteiger partial charge in [0.25, 0.3) is 0 Å². The molecule has 32 heavy (non-hydrogen) atoms. The summed E-state index contributed by atoms with van der Waals surface area (Å²) in [5.41, 5.74) is 1.07. The van der Waals surface area contributed by atoms with Crippen LogP contribution in [0.2, 0.25) is 0 Å². The fourth-order valence-corrected chi connectivity index (χ4v) is 8.52. The van der Waals surface area contributed by atoms with Gasteiger partial charge in [-0.05, 0) is 12.0 Å². The van der Waals surface area contributed by atoms with Gasteiger partial charge in [0.2, 0.25) is 21.8 Å². The van der Waals surface area contributed by atoms with Crippen molar-refractivity contribution in [1.29, 1.82) is 0 Å². The van der Waals surface area contributed by atoms with E-state index >= 15 is 0 Å². The van der Waals surface area contributed by atoms with E-state index in [4.69, 9.17) is 4.52 Å². The van der Waals surface area contributed by atoms with Gasteiger partial charge in [-0.3, -0.25) is 4.79 Å². The summed E-state index contributed by atoms with van der Waals surface area (Å²) >= 11 is 0. The molecule has 1 aromatic heterocycles. The van der Waals surface area contributed by atoms with Crippen LogP contribution in [0.3, 0.4) is 0 Å². The molecule has 3 heterocycles. The van der Waals surface area contributed by atoms with Crippen molar-refractivity contribution in [2.45, 2.75) is 30.9 Å². The smallest absolute Gasteiger partial charge is 0.227 e. The number of rotatable bonds is 7. The SMILES string of the molecule is O=C(CCc1nc(Cc2ccccc2)no1)N1CCN(S(=O)(=O)[C@H]2CCS(=O)(=O)C2)CC1. The molecular formula is C20H26N4O6S2. The first kappa shape index (κ1) is 22.9. The zero-order valence-corrected chi connectivity index (χ0v) is 19.2. The van der Waals surface area contributed by atoms with E-state index in [-0.39, 0.29) is 56.4 Å². The summed E-state index contributed by atoms with van der Waals surface area (Å²) in [5.74, 6) is 0.454. The Labute approximate surface area is 187 Å². The monoisotopic (exact) mass is 482 g/mol. The van der Waals surface area contributed by atoms with Crippen LogP contribution in [0.25, 0.3) is 0 Å². The van der Waals surface area contributed by atoms with Crippen LogP contribution in [-0.4, -0.2) is 85.0 Å². The zero-order chi connectivity index (χ0) is 22.8. The van der Waals surface area contributed by atoms with Gasteiger partial charge in [0, 0.05) is 45.4 Å². The molecule has 0 spiro atoms. The third-order valence-corrected chi connectivity index (χ3v) is 10.1. The van der Waals surface area contributed by atoms with E-state index < -0.39 is 25.1 Å². The predicted molar refractivity (Wildman–Crippen MR) is 116 cm³/mol. The van der Waals surface area contributed by atoms with Crippen LogP contribution < -0.4 is 0 Å². The normalized spacial score (nSPS) is 21.6. The third kappa shape index (κ3) is 5.36. The Kier molecular flexibility index (Phi) is 6.63. The molecule has 2 fully saturated rings. The maximum absolute atomic E-state index is 12.7. The fraction of sp³-hybridized carbons (Fsp3) is 0.550. The number of aryl methyl sites for hydroxylation is 1. The minimum Gasteiger partial charge on any atom is -0.340 e. The lowest BCUT2D eigenvalue weighted by atomic mass is 10.1. The number of benzene rings is 1. The average molecular weight is 483 g/mol. The summed E-state index contributed by atoms with van der Waals surface area (Å²) in [6.07, 6.45) is 1.21. The van der Waals surface area contributed by atoms with Gasteiger partial charge >= 0.3 is 0 Å². The van der Waals surface area contributed by atoms with Gasteiger partial charge in [0.1, 0.15) is 0 Å². The number of carbonyl (C=O) groups is 1. The molecule has 2 aromatic rings. The summed E-state index contributed by atoms with van der Waals surface area (Å²) < 4.78 is 55.3. The van der Waals surface area contributed by atoms with E-state index in [0.717, 1.165) is 5.56 Å². The number of sulfone groups is 1. The van der Waals surface area contributed by atoms with Gasteiger partial charge in [-0.15, -0.1) is 0 Å². The number of piperazine rings is 1. The lowest BCUT2D eigenvalue weighted by molar-refractivity contribution is -0.132. The average Bonchev–Trinajstić information content (AvgIpc) is 3.38. The fourth-order valence-electron chi connectivity index (χ4n) is 4.01. The lowest BCUT2D eigenvalue weighted by Gasteiger charge is -2.35. The molecular weight excluding hydrogens is 456 g/mol. The van der Waals surface area contributed by atoms with Crippen LogP contribution in [-0.2, 0) is 37.5 Å². The molecule has 1 aromatic carbocycles. The highest BCUT2D eigenvalue weighted by Gasteiger charge is 2.41. The maximum Gasteiger partial charge on any atom is 0.227 e. The lowest BCUT2D eigenvalue weighted by Crippen LogP contribution is -2.52. The molecule has 12 heteroatoms. The van der Waals surface area contributed by atoms with Crippen molar-refractivity contribution in [3.63, 3.8) is 0 Å². The van der Waals surface area contributed by atoms with E-state index in [9.17, 15) is 21.6 Å². The number of hydrogen-bond acceptors (Lipinski definition) is 8. The molecule has 0 bridgehead atoms. The first-order valence-corrected chi connectivity index (χ1v) is 13.9. The van der Waals surface area contributed by atoms with Crippen LogP contribution in [0.4, 0.5) is 0 Å². The number of aromatic nitrogens is 2. The molecule has 1 atom stereocenters. The van der Waals surface area contributed by atoms with Gasteiger partial charge in [0.15, 0.2) is 15.7 Å². The van der Waals surface area contributed by atoms with E-state index in [1.165, 1.54) is 4.31 Å². The van der Waals surface area contributed by atoms with Crippen LogP contribution in [0.1, 0.15) is 30.1 Å². The molecule has 174 valence electrons. The molecule has 10 nitrogen and oxygen atoms in total. The molecule has 2 aliphatic heterocycles. The molecule has 0 radical (unpaired) electrons. The molecule has 1 amide bonds. The molecule has 0 unspecified atom stereocenters. The van der Waals surface area contributed by atoms with Crippen molar-refractivity contribution in [3.05, 3.63) is 47.6 Å². The van der Waals surface area contributed by atoms with E-state index in [1.54, 1.807) is 4.90 Å². The zero-order valence-electron chi connectivity index (χ0n) is 17.6. The highest BCUT2D eigenvalue weighted by atomic mass is 32.2. The number of nitrogens with zero attached hydrogens (tertiary/aromatic N) is 4. The van der Waals surface area contributed by atoms with Gasteiger partial charge < -0.3 is 9.42 Å². The van der Waals surface area contributed by atoms with Crippen molar-refractivity contribution >= 4 is 25.8 Å². The predicted octanol–water partition coefficient (Wildman–Crippen LogP) is 0.254. The van der Waals surface area contributed by atoms with Gasteiger partial charge in [0.05, 0.1) is 16.8 Å². The Balaban J connectivity index is 1.25. The Morgan fingerprint density at radius 1 is 1.12 bits per heavy atom. The van der Waals surface area contributed by atoms with Crippen LogP contribution in [0.5, 0.6) is 0 Å². The largest absolute Gasteiger partial charge is 0.340 e. The molecule has 0 aliphatic carbocycles. The Morgan fingerprint density at radius 3 is 2.50 bits per heavy atom. The summed E-state index contributed by atoms with van der Waals surface area (Å²) in [6.45, 7) is 0.903. The van der Waals surface area contributed by atoms with E-state index in [2.05, 4.69) is 10.1 Å². The second kappa shape index (κ2) is 9.28. The summed E-state index contributed by atoms with van der Waals surface area (Å²) in [6, 6.07) is 9.77. The maximum atomic E-state index is 12.7. The first-order valence-electron chi connectivity index (χ1n) is 10.6. The Bertz CT molecular complexity index is 1160. The van der Waals surface area contributed by atoms with Crippen LogP contribution >= 0.6 is 0 Å². The summed E-state index contributed by atoms with van der Waals surface area (Å²) in [7, 11) is -6.96. The quantitative estimate of drug-likeness (QED) is 0.549. The van der Waals surface area contributed by atoms with Crippen LogP contribution in [0.15, 0.2) is 34.9 Å². The third-order valence-electron chi connectivity index (χ3n) is 5.83. The minimum atomic E-state index is -3.68. The van der Waals surface area contributed by atoms with Gasteiger partial charge in [-0.25, -0.2) is 16.8 Å². The number of sulfonamides is 1. The van der Waals surface area contributed by atoms with Crippen molar-refractivity contribution in [1.82, 2.24) is 19.3 Å². The number of carbonyl (C=O) groups excluding carboxylic acids is 1. The first-order chi connectivity index (χ1) is 15.2. The second-order valence-electron chi connectivity index (χ2n) is 8.12. The van der Waals surface area contributed by atoms with Crippen molar-refractivity contribution < 1.29 is 26.2 Å². The summed E-state index contributed by atoms with van der Waals surface area (Å²) in [4.78, 5) is 18.5. The van der Waals surface area contributed by atoms with Crippen molar-refractivity contribution in [2.75, 3.05) is 37.7 Å².